The Hall–Kier alpha value is -2.24. The molecule has 1 aliphatic carbocycles. The number of hydrogen-bond donors (Lipinski definition) is 2. The summed E-state index contributed by atoms with van der Waals surface area (Å²) in [5.74, 6) is 2.05. The number of carbonyl (C=O) groups is 1. The van der Waals surface area contributed by atoms with E-state index < -0.39 is 0 Å². The molecule has 6 nitrogen and oxygen atoms in total. The van der Waals surface area contributed by atoms with Crippen LogP contribution >= 0.6 is 0 Å². The topological polar surface area (TPSA) is 66.0 Å². The van der Waals surface area contributed by atoms with Crippen LogP contribution in [0.3, 0.4) is 0 Å². The largest absolute Gasteiger partial charge is 0.490 e. The Bertz CT molecular complexity index is 668. The fourth-order valence-electron chi connectivity index (χ4n) is 4.07. The summed E-state index contributed by atoms with van der Waals surface area (Å²) in [6, 6.07) is 8.73. The third-order valence-electron chi connectivity index (χ3n) is 5.73. The van der Waals surface area contributed by atoms with Gasteiger partial charge in [-0.2, -0.15) is 0 Å². The molecular formula is C23H36N4O2. The van der Waals surface area contributed by atoms with Gasteiger partial charge in [0, 0.05) is 38.6 Å². The van der Waals surface area contributed by atoms with Gasteiger partial charge in [0.05, 0.1) is 6.10 Å². The van der Waals surface area contributed by atoms with E-state index in [1.54, 1.807) is 0 Å². The van der Waals surface area contributed by atoms with Crippen molar-refractivity contribution in [3.63, 3.8) is 0 Å². The summed E-state index contributed by atoms with van der Waals surface area (Å²) in [6.45, 7) is 7.13. The molecule has 1 amide bonds. The lowest BCUT2D eigenvalue weighted by molar-refractivity contribution is -0.129. The number of nitrogens with zero attached hydrogens (tertiary/aromatic N) is 2. The highest BCUT2D eigenvalue weighted by Gasteiger charge is 2.25. The summed E-state index contributed by atoms with van der Waals surface area (Å²) in [7, 11) is 0. The smallest absolute Gasteiger partial charge is 0.222 e. The third kappa shape index (κ3) is 6.65. The van der Waals surface area contributed by atoms with E-state index in [1.165, 1.54) is 31.2 Å². The van der Waals surface area contributed by atoms with Gasteiger partial charge in [-0.1, -0.05) is 19.1 Å². The first kappa shape index (κ1) is 21.5. The third-order valence-corrected chi connectivity index (χ3v) is 5.73. The van der Waals surface area contributed by atoms with E-state index >= 15 is 0 Å². The maximum absolute atomic E-state index is 11.9. The van der Waals surface area contributed by atoms with Crippen molar-refractivity contribution in [1.29, 1.82) is 0 Å². The molecule has 1 aromatic rings. The van der Waals surface area contributed by atoms with Gasteiger partial charge >= 0.3 is 0 Å². The van der Waals surface area contributed by atoms with Crippen LogP contribution in [0, 0.1) is 0 Å². The molecule has 3 rings (SSSR count). The highest BCUT2D eigenvalue weighted by molar-refractivity contribution is 5.80. The molecule has 1 aromatic carbocycles. The summed E-state index contributed by atoms with van der Waals surface area (Å²) in [5.41, 5.74) is 1.27. The molecule has 0 radical (unpaired) electrons. The number of aliphatic imine (C=N–C) groups is 1. The van der Waals surface area contributed by atoms with Gasteiger partial charge < -0.3 is 20.3 Å². The summed E-state index contributed by atoms with van der Waals surface area (Å²) in [6.07, 6.45) is 7.78. The predicted molar refractivity (Wildman–Crippen MR) is 117 cm³/mol. The van der Waals surface area contributed by atoms with Gasteiger partial charge in [-0.05, 0) is 63.1 Å². The number of nitrogens with one attached hydrogen (secondary N) is 2. The van der Waals surface area contributed by atoms with Crippen LogP contribution in [0.5, 0.6) is 5.75 Å². The van der Waals surface area contributed by atoms with Gasteiger partial charge in [0.15, 0.2) is 5.96 Å². The van der Waals surface area contributed by atoms with E-state index in [-0.39, 0.29) is 11.9 Å². The SMILES string of the molecule is CCNC(=NCCc1ccc(OC2CCCC2)cc1)NC1CCN(C(=O)CC)C1. The van der Waals surface area contributed by atoms with E-state index in [2.05, 4.69) is 41.8 Å². The summed E-state index contributed by atoms with van der Waals surface area (Å²) >= 11 is 0. The van der Waals surface area contributed by atoms with E-state index in [9.17, 15) is 4.79 Å². The molecule has 2 N–H and O–H groups in total. The van der Waals surface area contributed by atoms with Crippen molar-refractivity contribution in [1.82, 2.24) is 15.5 Å². The van der Waals surface area contributed by atoms with Crippen LogP contribution in [-0.4, -0.2) is 55.1 Å². The molecule has 1 saturated carbocycles. The first-order valence-electron chi connectivity index (χ1n) is 11.3. The van der Waals surface area contributed by atoms with E-state index in [0.717, 1.165) is 50.7 Å². The van der Waals surface area contributed by atoms with Crippen molar-refractivity contribution in [3.8, 4) is 5.75 Å². The lowest BCUT2D eigenvalue weighted by Crippen LogP contribution is -2.45. The number of ether oxygens (including phenoxy) is 1. The van der Waals surface area contributed by atoms with Crippen LogP contribution < -0.4 is 15.4 Å². The Morgan fingerprint density at radius 3 is 2.62 bits per heavy atom. The Morgan fingerprint density at radius 2 is 1.93 bits per heavy atom. The number of guanidine groups is 1. The number of likely N-dealkylation sites (tertiary alicyclic amines) is 1. The average molecular weight is 401 g/mol. The zero-order valence-corrected chi connectivity index (χ0v) is 18.0. The fourth-order valence-corrected chi connectivity index (χ4v) is 4.07. The first-order valence-corrected chi connectivity index (χ1v) is 11.3. The minimum atomic E-state index is 0.233. The van der Waals surface area contributed by atoms with Crippen LogP contribution in [0.15, 0.2) is 29.3 Å². The van der Waals surface area contributed by atoms with Crippen LogP contribution in [-0.2, 0) is 11.2 Å². The van der Waals surface area contributed by atoms with Crippen LogP contribution in [0.4, 0.5) is 0 Å². The lowest BCUT2D eigenvalue weighted by atomic mass is 10.1. The number of carbonyl (C=O) groups excluding carboxylic acids is 1. The van der Waals surface area contributed by atoms with Crippen molar-refractivity contribution in [2.45, 2.75) is 70.9 Å². The molecule has 1 heterocycles. The highest BCUT2D eigenvalue weighted by Crippen LogP contribution is 2.24. The number of rotatable bonds is 8. The number of amides is 1. The Labute approximate surface area is 175 Å². The molecule has 1 atom stereocenters. The molecule has 1 saturated heterocycles. The minimum Gasteiger partial charge on any atom is -0.490 e. The maximum atomic E-state index is 11.9. The highest BCUT2D eigenvalue weighted by atomic mass is 16.5. The Balaban J connectivity index is 1.45. The molecular weight excluding hydrogens is 364 g/mol. The maximum Gasteiger partial charge on any atom is 0.222 e. The van der Waals surface area contributed by atoms with E-state index in [4.69, 9.17) is 9.73 Å². The summed E-state index contributed by atoms with van der Waals surface area (Å²) in [4.78, 5) is 18.5. The molecule has 160 valence electrons. The second-order valence-corrected chi connectivity index (χ2v) is 8.00. The van der Waals surface area contributed by atoms with Gasteiger partial charge in [-0.25, -0.2) is 0 Å². The fraction of sp³-hybridized carbons (Fsp3) is 0.652. The molecule has 29 heavy (non-hydrogen) atoms. The van der Waals surface area contributed by atoms with Crippen molar-refractivity contribution in [3.05, 3.63) is 29.8 Å². The van der Waals surface area contributed by atoms with E-state index in [0.29, 0.717) is 12.5 Å². The van der Waals surface area contributed by atoms with Gasteiger partial charge in [-0.3, -0.25) is 9.79 Å². The standard InChI is InChI=1S/C23H36N4O2/c1-3-22(28)27-16-14-19(17-27)26-23(24-4-2)25-15-13-18-9-11-21(12-10-18)29-20-7-5-6-8-20/h9-12,19-20H,3-8,13-17H2,1-2H3,(H2,24,25,26). The quantitative estimate of drug-likeness (QED) is 0.520. The van der Waals surface area contributed by atoms with Crippen molar-refractivity contribution in [2.24, 2.45) is 4.99 Å². The van der Waals surface area contributed by atoms with Gasteiger partial charge in [0.1, 0.15) is 5.75 Å². The lowest BCUT2D eigenvalue weighted by Gasteiger charge is -2.18. The van der Waals surface area contributed by atoms with Crippen LogP contribution in [0.25, 0.3) is 0 Å². The molecule has 2 aliphatic rings. The second-order valence-electron chi connectivity index (χ2n) is 8.00. The Kier molecular flexibility index (Phi) is 8.20. The molecule has 6 heteroatoms. The normalized spacial score (nSPS) is 20.1. The average Bonchev–Trinajstić information content (AvgIpc) is 3.41. The van der Waals surface area contributed by atoms with Crippen molar-refractivity contribution < 1.29 is 9.53 Å². The molecule has 0 aromatic heterocycles. The molecule has 1 aliphatic heterocycles. The molecule has 0 bridgehead atoms. The number of benzene rings is 1. The zero-order valence-electron chi connectivity index (χ0n) is 18.0. The monoisotopic (exact) mass is 400 g/mol. The predicted octanol–water partition coefficient (Wildman–Crippen LogP) is 3.12. The van der Waals surface area contributed by atoms with Crippen molar-refractivity contribution >= 4 is 11.9 Å². The minimum absolute atomic E-state index is 0.233. The molecule has 0 spiro atoms. The summed E-state index contributed by atoms with van der Waals surface area (Å²) in [5, 5.41) is 6.81. The van der Waals surface area contributed by atoms with Gasteiger partial charge in [0.2, 0.25) is 5.91 Å². The Morgan fingerprint density at radius 1 is 1.17 bits per heavy atom. The van der Waals surface area contributed by atoms with Crippen molar-refractivity contribution in [2.75, 3.05) is 26.2 Å². The number of hydrogen-bond acceptors (Lipinski definition) is 3. The van der Waals surface area contributed by atoms with Crippen LogP contribution in [0.1, 0.15) is 57.9 Å². The van der Waals surface area contributed by atoms with Gasteiger partial charge in [0.25, 0.3) is 0 Å². The zero-order chi connectivity index (χ0) is 20.5. The first-order chi connectivity index (χ1) is 14.2. The van der Waals surface area contributed by atoms with Gasteiger partial charge in [-0.15, -0.1) is 0 Å². The van der Waals surface area contributed by atoms with E-state index in [1.807, 2.05) is 11.8 Å². The van der Waals surface area contributed by atoms with Crippen LogP contribution in [0.2, 0.25) is 0 Å². The molecule has 2 fully saturated rings. The molecule has 1 unspecified atom stereocenters. The summed E-state index contributed by atoms with van der Waals surface area (Å²) < 4.78 is 6.04. The second kappa shape index (κ2) is 11.1.